The molecule has 1 heterocycles. The average molecular weight is 316 g/mol. The van der Waals surface area contributed by atoms with E-state index in [1.807, 2.05) is 0 Å². The van der Waals surface area contributed by atoms with Gasteiger partial charge in [0.1, 0.15) is 15.6 Å². The highest BCUT2D eigenvalue weighted by Gasteiger charge is 2.21. The van der Waals surface area contributed by atoms with Gasteiger partial charge in [0.2, 0.25) is 5.95 Å². The van der Waals surface area contributed by atoms with E-state index in [-0.39, 0.29) is 15.9 Å². The molecule has 0 saturated carbocycles. The van der Waals surface area contributed by atoms with Gasteiger partial charge in [-0.1, -0.05) is 34.8 Å². The van der Waals surface area contributed by atoms with Gasteiger partial charge < -0.3 is 4.74 Å². The van der Waals surface area contributed by atoms with Crippen molar-refractivity contribution in [2.75, 3.05) is 5.32 Å². The van der Waals surface area contributed by atoms with Crippen molar-refractivity contribution < 1.29 is 13.9 Å². The van der Waals surface area contributed by atoms with Crippen molar-refractivity contribution in [3.8, 4) is 0 Å². The first kappa shape index (κ1) is 15.3. The Morgan fingerprint density at radius 2 is 1.78 bits per heavy atom. The van der Waals surface area contributed by atoms with Crippen LogP contribution in [0, 0.1) is 5.95 Å². The Morgan fingerprint density at radius 1 is 1.22 bits per heavy atom. The number of hydrogen-bond acceptors (Lipinski definition) is 3. The van der Waals surface area contributed by atoms with Gasteiger partial charge in [0.25, 0.3) is 0 Å². The fourth-order valence-electron chi connectivity index (χ4n) is 0.970. The molecule has 1 N–H and O–H groups in total. The Bertz CT molecular complexity index is 489. The second-order valence-electron chi connectivity index (χ2n) is 4.32. The normalized spacial score (nSPS) is 11.3. The van der Waals surface area contributed by atoms with Gasteiger partial charge in [-0.3, -0.25) is 5.32 Å². The molecule has 0 spiro atoms. The monoisotopic (exact) mass is 314 g/mol. The average Bonchev–Trinajstić information content (AvgIpc) is 2.20. The van der Waals surface area contributed by atoms with Crippen LogP contribution in [0.2, 0.25) is 15.1 Å². The predicted molar refractivity (Wildman–Crippen MR) is 69.1 cm³/mol. The Morgan fingerprint density at radius 3 is 2.28 bits per heavy atom. The van der Waals surface area contributed by atoms with Gasteiger partial charge >= 0.3 is 6.09 Å². The van der Waals surface area contributed by atoms with Crippen LogP contribution in [0.3, 0.4) is 0 Å². The molecule has 1 amide bonds. The van der Waals surface area contributed by atoms with E-state index in [2.05, 4.69) is 10.3 Å². The van der Waals surface area contributed by atoms with Gasteiger partial charge in [-0.15, -0.1) is 0 Å². The summed E-state index contributed by atoms with van der Waals surface area (Å²) in [5, 5.41) is 1.40. The maximum atomic E-state index is 13.2. The van der Waals surface area contributed by atoms with Gasteiger partial charge in [-0.2, -0.15) is 9.37 Å². The van der Waals surface area contributed by atoms with Crippen LogP contribution in [0.25, 0.3) is 0 Å². The Hall–Kier alpha value is -0.780. The van der Waals surface area contributed by atoms with Crippen molar-refractivity contribution in [2.45, 2.75) is 26.4 Å². The molecule has 100 valence electrons. The number of hydrogen-bond donors (Lipinski definition) is 1. The maximum Gasteiger partial charge on any atom is 0.413 e. The maximum absolute atomic E-state index is 13.2. The molecule has 0 aliphatic carbocycles. The first-order valence-electron chi connectivity index (χ1n) is 4.82. The molecule has 0 aliphatic rings. The van der Waals surface area contributed by atoms with Gasteiger partial charge in [0, 0.05) is 0 Å². The van der Waals surface area contributed by atoms with Gasteiger partial charge in [0.05, 0.1) is 5.02 Å². The Balaban J connectivity index is 2.96. The minimum atomic E-state index is -1.03. The second kappa shape index (κ2) is 5.47. The van der Waals surface area contributed by atoms with E-state index in [4.69, 9.17) is 39.5 Å². The van der Waals surface area contributed by atoms with E-state index in [0.29, 0.717) is 0 Å². The van der Waals surface area contributed by atoms with Crippen molar-refractivity contribution in [1.82, 2.24) is 4.98 Å². The molecular formula is C10H10Cl3FN2O2. The number of rotatable bonds is 1. The first-order chi connectivity index (χ1) is 8.11. The van der Waals surface area contributed by atoms with E-state index < -0.39 is 22.7 Å². The summed E-state index contributed by atoms with van der Waals surface area (Å²) in [6.45, 7) is 5.03. The SMILES string of the molecule is CC(C)(C)OC(=O)Nc1nc(F)c(Cl)c(Cl)c1Cl. The van der Waals surface area contributed by atoms with Crippen molar-refractivity contribution in [3.63, 3.8) is 0 Å². The lowest BCUT2D eigenvalue weighted by atomic mass is 10.2. The number of carbonyl (C=O) groups excluding carboxylic acids is 1. The van der Waals surface area contributed by atoms with E-state index in [1.54, 1.807) is 20.8 Å². The predicted octanol–water partition coefficient (Wildman–Crippen LogP) is 4.53. The summed E-state index contributed by atoms with van der Waals surface area (Å²) in [5.41, 5.74) is -0.703. The molecule has 0 aromatic carbocycles. The third kappa shape index (κ3) is 3.86. The fraction of sp³-hybridized carbons (Fsp3) is 0.400. The molecule has 1 aromatic rings. The third-order valence-corrected chi connectivity index (χ3v) is 2.89. The summed E-state index contributed by atoms with van der Waals surface area (Å²) in [7, 11) is 0. The zero-order chi connectivity index (χ0) is 14.1. The van der Waals surface area contributed by atoms with Crippen molar-refractivity contribution in [2.24, 2.45) is 0 Å². The van der Waals surface area contributed by atoms with Crippen LogP contribution in [0.4, 0.5) is 15.0 Å². The summed E-state index contributed by atoms with van der Waals surface area (Å²) in [5.74, 6) is -1.28. The molecule has 0 radical (unpaired) electrons. The van der Waals surface area contributed by atoms with Crippen LogP contribution in [0.1, 0.15) is 20.8 Å². The molecule has 1 aromatic heterocycles. The largest absolute Gasteiger partial charge is 0.444 e. The molecule has 0 bridgehead atoms. The summed E-state index contributed by atoms with van der Waals surface area (Å²) in [6.07, 6.45) is -0.824. The lowest BCUT2D eigenvalue weighted by Crippen LogP contribution is -2.27. The number of anilines is 1. The van der Waals surface area contributed by atoms with Crippen molar-refractivity contribution in [1.29, 1.82) is 0 Å². The van der Waals surface area contributed by atoms with Crippen LogP contribution in [0.15, 0.2) is 0 Å². The molecule has 0 fully saturated rings. The zero-order valence-corrected chi connectivity index (χ0v) is 12.0. The number of halogens is 4. The van der Waals surface area contributed by atoms with E-state index in [9.17, 15) is 9.18 Å². The van der Waals surface area contributed by atoms with E-state index >= 15 is 0 Å². The van der Waals surface area contributed by atoms with Crippen LogP contribution in [0.5, 0.6) is 0 Å². The molecule has 0 unspecified atom stereocenters. The molecule has 18 heavy (non-hydrogen) atoms. The number of pyridine rings is 1. The molecule has 0 saturated heterocycles. The molecular weight excluding hydrogens is 305 g/mol. The number of nitrogens with zero attached hydrogens (tertiary/aromatic N) is 1. The molecule has 1 rings (SSSR count). The summed E-state index contributed by atoms with van der Waals surface area (Å²) < 4.78 is 18.2. The van der Waals surface area contributed by atoms with Gasteiger partial charge in [-0.05, 0) is 20.8 Å². The molecule has 4 nitrogen and oxygen atoms in total. The lowest BCUT2D eigenvalue weighted by molar-refractivity contribution is 0.0635. The van der Waals surface area contributed by atoms with E-state index in [0.717, 1.165) is 0 Å². The van der Waals surface area contributed by atoms with Crippen molar-refractivity contribution in [3.05, 3.63) is 21.0 Å². The molecule has 8 heteroatoms. The summed E-state index contributed by atoms with van der Waals surface area (Å²) in [6, 6.07) is 0. The standard InChI is InChI=1S/C10H10Cl3FN2O2/c1-10(2,3)18-9(17)16-8-6(13)4(11)5(12)7(14)15-8/h1-3H3,(H,15,16,17). The first-order valence-corrected chi connectivity index (χ1v) is 5.95. The Labute approximate surface area is 118 Å². The number of amides is 1. The van der Waals surface area contributed by atoms with Crippen LogP contribution >= 0.6 is 34.8 Å². The molecule has 0 atom stereocenters. The van der Waals surface area contributed by atoms with Crippen LogP contribution < -0.4 is 5.32 Å². The topological polar surface area (TPSA) is 51.2 Å². The Kier molecular flexibility index (Phi) is 4.64. The highest BCUT2D eigenvalue weighted by Crippen LogP contribution is 2.35. The number of ether oxygens (including phenoxy) is 1. The minimum absolute atomic E-state index is 0.158. The third-order valence-electron chi connectivity index (χ3n) is 1.60. The number of carbonyl (C=O) groups is 1. The lowest BCUT2D eigenvalue weighted by Gasteiger charge is -2.19. The van der Waals surface area contributed by atoms with Gasteiger partial charge in [0.15, 0.2) is 5.82 Å². The summed E-state index contributed by atoms with van der Waals surface area (Å²) >= 11 is 16.9. The number of aromatic nitrogens is 1. The number of nitrogens with one attached hydrogen (secondary N) is 1. The zero-order valence-electron chi connectivity index (χ0n) is 9.78. The van der Waals surface area contributed by atoms with Crippen LogP contribution in [-0.4, -0.2) is 16.7 Å². The highest BCUT2D eigenvalue weighted by atomic mass is 35.5. The summed E-state index contributed by atoms with van der Waals surface area (Å²) in [4.78, 5) is 14.8. The quantitative estimate of drug-likeness (QED) is 0.775. The van der Waals surface area contributed by atoms with Crippen LogP contribution in [-0.2, 0) is 4.74 Å². The molecule has 0 aliphatic heterocycles. The van der Waals surface area contributed by atoms with Gasteiger partial charge in [-0.25, -0.2) is 4.79 Å². The second-order valence-corrected chi connectivity index (χ2v) is 5.45. The van der Waals surface area contributed by atoms with E-state index in [1.165, 1.54) is 0 Å². The smallest absolute Gasteiger partial charge is 0.413 e. The van der Waals surface area contributed by atoms with Crippen molar-refractivity contribution >= 4 is 46.7 Å². The minimum Gasteiger partial charge on any atom is -0.444 e. The highest BCUT2D eigenvalue weighted by molar-refractivity contribution is 6.49. The fourth-order valence-corrected chi connectivity index (χ4v) is 1.51.